The van der Waals surface area contributed by atoms with Crippen LogP contribution in [0.25, 0.3) is 0 Å². The molecule has 2 rings (SSSR count). The van der Waals surface area contributed by atoms with Gasteiger partial charge >= 0.3 is 0 Å². The van der Waals surface area contributed by atoms with Crippen LogP contribution in [0, 0.1) is 5.82 Å². The molecule has 1 saturated heterocycles. The van der Waals surface area contributed by atoms with Crippen molar-refractivity contribution in [1.29, 1.82) is 0 Å². The second kappa shape index (κ2) is 5.97. The van der Waals surface area contributed by atoms with E-state index in [9.17, 15) is 12.8 Å². The molecular weight excluding hydrogens is 279 g/mol. The van der Waals surface area contributed by atoms with Crippen LogP contribution in [0.1, 0.15) is 6.92 Å². The van der Waals surface area contributed by atoms with Gasteiger partial charge in [-0.15, -0.1) is 12.4 Å². The average Bonchev–Trinajstić information content (AvgIpc) is 2.29. The highest BCUT2D eigenvalue weighted by atomic mass is 35.5. The summed E-state index contributed by atoms with van der Waals surface area (Å²) >= 11 is 0. The van der Waals surface area contributed by atoms with Gasteiger partial charge in [-0.1, -0.05) is 0 Å². The quantitative estimate of drug-likeness (QED) is 0.892. The molecule has 1 aromatic rings. The van der Waals surface area contributed by atoms with Gasteiger partial charge < -0.3 is 5.32 Å². The number of hydrogen-bond acceptors (Lipinski definition) is 3. The molecule has 1 aliphatic heterocycles. The lowest BCUT2D eigenvalue weighted by Gasteiger charge is -2.30. The SMILES string of the molecule is C[C@H]1CN(S(=O)(=O)c2ccc(F)cc2)CCN1.Cl. The molecule has 0 aliphatic carbocycles. The average molecular weight is 295 g/mol. The highest BCUT2D eigenvalue weighted by molar-refractivity contribution is 7.89. The zero-order valence-corrected chi connectivity index (χ0v) is 11.6. The molecule has 1 atom stereocenters. The summed E-state index contributed by atoms with van der Waals surface area (Å²) in [6, 6.07) is 5.07. The number of benzene rings is 1. The van der Waals surface area contributed by atoms with Gasteiger partial charge in [0, 0.05) is 25.7 Å². The van der Waals surface area contributed by atoms with E-state index in [1.165, 1.54) is 28.6 Å². The van der Waals surface area contributed by atoms with Gasteiger partial charge in [-0.2, -0.15) is 4.31 Å². The van der Waals surface area contributed by atoms with Crippen LogP contribution in [0.5, 0.6) is 0 Å². The Balaban J connectivity index is 0.00000162. The fourth-order valence-electron chi connectivity index (χ4n) is 1.87. The summed E-state index contributed by atoms with van der Waals surface area (Å²) in [7, 11) is -3.49. The van der Waals surface area contributed by atoms with Crippen molar-refractivity contribution in [2.24, 2.45) is 0 Å². The Hall–Kier alpha value is -0.690. The molecular formula is C11H16ClFN2O2S. The van der Waals surface area contributed by atoms with Crippen LogP contribution in [0.4, 0.5) is 4.39 Å². The van der Waals surface area contributed by atoms with Crippen molar-refractivity contribution in [3.05, 3.63) is 30.1 Å². The minimum absolute atomic E-state index is 0. The maximum Gasteiger partial charge on any atom is 0.243 e. The minimum Gasteiger partial charge on any atom is -0.312 e. The van der Waals surface area contributed by atoms with E-state index >= 15 is 0 Å². The van der Waals surface area contributed by atoms with Gasteiger partial charge in [0.2, 0.25) is 10.0 Å². The van der Waals surface area contributed by atoms with Gasteiger partial charge in [-0.3, -0.25) is 0 Å². The zero-order valence-electron chi connectivity index (χ0n) is 9.97. The first kappa shape index (κ1) is 15.4. The van der Waals surface area contributed by atoms with E-state index in [0.717, 1.165) is 0 Å². The maximum atomic E-state index is 12.8. The van der Waals surface area contributed by atoms with Gasteiger partial charge in [0.25, 0.3) is 0 Å². The van der Waals surface area contributed by atoms with E-state index in [1.54, 1.807) is 0 Å². The monoisotopic (exact) mass is 294 g/mol. The van der Waals surface area contributed by atoms with Crippen LogP contribution >= 0.6 is 12.4 Å². The third-order valence-corrected chi connectivity index (χ3v) is 4.66. The predicted octanol–water partition coefficient (Wildman–Crippen LogP) is 1.23. The van der Waals surface area contributed by atoms with Crippen LogP contribution in [0.15, 0.2) is 29.2 Å². The van der Waals surface area contributed by atoms with Crippen molar-refractivity contribution in [3.63, 3.8) is 0 Å². The van der Waals surface area contributed by atoms with Crippen molar-refractivity contribution in [1.82, 2.24) is 9.62 Å². The maximum absolute atomic E-state index is 12.8. The summed E-state index contributed by atoms with van der Waals surface area (Å²) in [5, 5.41) is 3.18. The number of rotatable bonds is 2. The number of nitrogens with zero attached hydrogens (tertiary/aromatic N) is 1. The van der Waals surface area contributed by atoms with Crippen molar-refractivity contribution >= 4 is 22.4 Å². The van der Waals surface area contributed by atoms with Gasteiger partial charge in [0.1, 0.15) is 5.82 Å². The Morgan fingerprint density at radius 2 is 1.94 bits per heavy atom. The molecule has 1 aliphatic rings. The minimum atomic E-state index is -3.49. The second-order valence-corrected chi connectivity index (χ2v) is 6.11. The zero-order chi connectivity index (χ0) is 12.5. The predicted molar refractivity (Wildman–Crippen MR) is 69.9 cm³/mol. The lowest BCUT2D eigenvalue weighted by Crippen LogP contribution is -2.51. The fourth-order valence-corrected chi connectivity index (χ4v) is 3.40. The molecule has 1 fully saturated rings. The molecule has 1 heterocycles. The van der Waals surface area contributed by atoms with Crippen molar-refractivity contribution < 1.29 is 12.8 Å². The number of sulfonamides is 1. The van der Waals surface area contributed by atoms with Gasteiger partial charge in [0.15, 0.2) is 0 Å². The number of hydrogen-bond donors (Lipinski definition) is 1. The molecule has 4 nitrogen and oxygen atoms in total. The largest absolute Gasteiger partial charge is 0.312 e. The van der Waals surface area contributed by atoms with Crippen molar-refractivity contribution in [2.75, 3.05) is 19.6 Å². The topological polar surface area (TPSA) is 49.4 Å². The molecule has 0 amide bonds. The van der Waals surface area contributed by atoms with Crippen molar-refractivity contribution in [3.8, 4) is 0 Å². The van der Waals surface area contributed by atoms with Gasteiger partial charge in [-0.25, -0.2) is 12.8 Å². The molecule has 102 valence electrons. The molecule has 1 aromatic carbocycles. The Morgan fingerprint density at radius 3 is 2.50 bits per heavy atom. The molecule has 18 heavy (non-hydrogen) atoms. The Kier molecular flexibility index (Phi) is 5.10. The summed E-state index contributed by atoms with van der Waals surface area (Å²) < 4.78 is 38.6. The summed E-state index contributed by atoms with van der Waals surface area (Å²) in [4.78, 5) is 0.146. The molecule has 1 N–H and O–H groups in total. The molecule has 0 saturated carbocycles. The van der Waals surface area contributed by atoms with E-state index in [-0.39, 0.29) is 23.3 Å². The number of halogens is 2. The van der Waals surface area contributed by atoms with Gasteiger partial charge in [-0.05, 0) is 31.2 Å². The highest BCUT2D eigenvalue weighted by Gasteiger charge is 2.28. The third kappa shape index (κ3) is 3.20. The molecule has 7 heteroatoms. The Labute approximate surface area is 113 Å². The first-order valence-corrected chi connectivity index (χ1v) is 6.93. The lowest BCUT2D eigenvalue weighted by molar-refractivity contribution is 0.310. The first-order valence-electron chi connectivity index (χ1n) is 5.49. The van der Waals surface area contributed by atoms with E-state index in [1.807, 2.05) is 6.92 Å². The number of piperazine rings is 1. The van der Waals surface area contributed by atoms with Crippen LogP contribution in [-0.2, 0) is 10.0 Å². The molecule has 0 spiro atoms. The highest BCUT2D eigenvalue weighted by Crippen LogP contribution is 2.17. The molecule has 0 radical (unpaired) electrons. The van der Waals surface area contributed by atoms with E-state index in [4.69, 9.17) is 0 Å². The smallest absolute Gasteiger partial charge is 0.243 e. The Morgan fingerprint density at radius 1 is 1.33 bits per heavy atom. The van der Waals surface area contributed by atoms with Gasteiger partial charge in [0.05, 0.1) is 4.90 Å². The fraction of sp³-hybridized carbons (Fsp3) is 0.455. The molecule has 0 unspecified atom stereocenters. The first-order chi connectivity index (χ1) is 8.00. The third-order valence-electron chi connectivity index (χ3n) is 2.78. The Bertz CT molecular complexity index is 492. The van der Waals surface area contributed by atoms with E-state index in [2.05, 4.69) is 5.32 Å². The van der Waals surface area contributed by atoms with E-state index in [0.29, 0.717) is 19.6 Å². The van der Waals surface area contributed by atoms with Crippen LogP contribution < -0.4 is 5.32 Å². The van der Waals surface area contributed by atoms with E-state index < -0.39 is 15.8 Å². The summed E-state index contributed by atoms with van der Waals surface area (Å²) in [5.74, 6) is -0.433. The lowest BCUT2D eigenvalue weighted by atomic mass is 10.3. The number of nitrogens with one attached hydrogen (secondary N) is 1. The molecule has 0 aromatic heterocycles. The summed E-state index contributed by atoms with van der Waals surface area (Å²) in [6.07, 6.45) is 0. The standard InChI is InChI=1S/C11H15FN2O2S.ClH/c1-9-8-14(7-6-13-9)17(15,16)11-4-2-10(12)3-5-11;/h2-5,9,13H,6-8H2,1H3;1H/t9-;/m0./s1. The molecule has 0 bridgehead atoms. The van der Waals surface area contributed by atoms with Crippen LogP contribution in [0.3, 0.4) is 0 Å². The normalized spacial score (nSPS) is 21.3. The van der Waals surface area contributed by atoms with Crippen LogP contribution in [-0.4, -0.2) is 38.4 Å². The second-order valence-electron chi connectivity index (χ2n) is 4.17. The summed E-state index contributed by atoms with van der Waals surface area (Å²) in [6.45, 7) is 3.47. The van der Waals surface area contributed by atoms with Crippen LogP contribution in [0.2, 0.25) is 0 Å². The van der Waals surface area contributed by atoms with Crippen molar-refractivity contribution in [2.45, 2.75) is 17.9 Å². The summed E-state index contributed by atoms with van der Waals surface area (Å²) in [5.41, 5.74) is 0.